The molecule has 0 aliphatic rings. The van der Waals surface area contributed by atoms with Gasteiger partial charge in [0, 0.05) is 19.8 Å². The fourth-order valence-corrected chi connectivity index (χ4v) is 2.79. The minimum atomic E-state index is -2.88. The average Bonchev–Trinajstić information content (AvgIpc) is 2.63. The first-order valence-electron chi connectivity index (χ1n) is 8.93. The number of hydrazone groups is 1. The standard InChI is InChI=1S/C21H25F2N3O2/c1-14(2)19(16-7-11-18(12-8-16)28-21(22)23)20(27)25-24-13-15-5-9-17(10-6-15)26(3)4/h5-14,19,21H,1-4H3,(H,25,27)/b24-13-/t19-/m0/s1. The molecular formula is C21H25F2N3O2. The van der Waals surface area contributed by atoms with Crippen LogP contribution in [0.2, 0.25) is 0 Å². The van der Waals surface area contributed by atoms with Crippen LogP contribution in [0.25, 0.3) is 0 Å². The SMILES string of the molecule is CC(C)[C@H](C(=O)N/N=C\c1ccc(N(C)C)cc1)c1ccc(OC(F)F)cc1. The van der Waals surface area contributed by atoms with E-state index in [2.05, 4.69) is 15.3 Å². The van der Waals surface area contributed by atoms with Gasteiger partial charge in [0.05, 0.1) is 12.1 Å². The number of carbonyl (C=O) groups is 1. The molecule has 0 spiro atoms. The van der Waals surface area contributed by atoms with Crippen molar-refractivity contribution in [2.45, 2.75) is 26.4 Å². The highest BCUT2D eigenvalue weighted by Crippen LogP contribution is 2.27. The highest BCUT2D eigenvalue weighted by molar-refractivity contribution is 5.86. The van der Waals surface area contributed by atoms with Gasteiger partial charge in [-0.2, -0.15) is 13.9 Å². The lowest BCUT2D eigenvalue weighted by atomic mass is 9.88. The minimum absolute atomic E-state index is 0.00329. The Balaban J connectivity index is 2.04. The first-order valence-corrected chi connectivity index (χ1v) is 8.93. The van der Waals surface area contributed by atoms with Gasteiger partial charge in [0.15, 0.2) is 0 Å². The van der Waals surface area contributed by atoms with Gasteiger partial charge in [0.1, 0.15) is 5.75 Å². The van der Waals surface area contributed by atoms with Gasteiger partial charge in [-0.3, -0.25) is 4.79 Å². The third kappa shape index (κ3) is 6.04. The highest BCUT2D eigenvalue weighted by Gasteiger charge is 2.24. The van der Waals surface area contributed by atoms with Crippen molar-refractivity contribution in [2.24, 2.45) is 11.0 Å². The van der Waals surface area contributed by atoms with E-state index in [0.717, 1.165) is 11.3 Å². The molecule has 150 valence electrons. The van der Waals surface area contributed by atoms with Gasteiger partial charge in [-0.25, -0.2) is 5.43 Å². The van der Waals surface area contributed by atoms with Crippen molar-refractivity contribution in [3.05, 3.63) is 59.7 Å². The molecule has 0 aromatic heterocycles. The number of nitrogens with one attached hydrogen (secondary N) is 1. The second-order valence-corrected chi connectivity index (χ2v) is 6.89. The van der Waals surface area contributed by atoms with E-state index >= 15 is 0 Å². The van der Waals surface area contributed by atoms with Gasteiger partial charge in [-0.15, -0.1) is 0 Å². The number of rotatable bonds is 8. The minimum Gasteiger partial charge on any atom is -0.435 e. The van der Waals surface area contributed by atoms with Gasteiger partial charge in [0.25, 0.3) is 0 Å². The molecule has 1 amide bonds. The molecule has 0 saturated heterocycles. The van der Waals surface area contributed by atoms with Crippen molar-refractivity contribution in [3.63, 3.8) is 0 Å². The number of nitrogens with zero attached hydrogens (tertiary/aromatic N) is 2. The molecule has 0 radical (unpaired) electrons. The monoisotopic (exact) mass is 389 g/mol. The molecule has 0 aliphatic heterocycles. The average molecular weight is 389 g/mol. The van der Waals surface area contributed by atoms with Crippen molar-refractivity contribution in [1.82, 2.24) is 5.43 Å². The van der Waals surface area contributed by atoms with Crippen LogP contribution in [-0.4, -0.2) is 32.8 Å². The Kier molecular flexibility index (Phi) is 7.49. The molecule has 0 aliphatic carbocycles. The summed E-state index contributed by atoms with van der Waals surface area (Å²) >= 11 is 0. The Morgan fingerprint density at radius 1 is 1.07 bits per heavy atom. The van der Waals surface area contributed by atoms with E-state index in [-0.39, 0.29) is 17.6 Å². The van der Waals surface area contributed by atoms with E-state index < -0.39 is 12.5 Å². The smallest absolute Gasteiger partial charge is 0.387 e. The zero-order valence-electron chi connectivity index (χ0n) is 16.4. The Labute approximate surface area is 164 Å². The van der Waals surface area contributed by atoms with Crippen LogP contribution in [0.4, 0.5) is 14.5 Å². The number of hydrogen-bond donors (Lipinski definition) is 1. The zero-order chi connectivity index (χ0) is 20.7. The van der Waals surface area contributed by atoms with Crippen molar-refractivity contribution in [2.75, 3.05) is 19.0 Å². The third-order valence-electron chi connectivity index (χ3n) is 4.21. The molecule has 0 bridgehead atoms. The summed E-state index contributed by atoms with van der Waals surface area (Å²) in [6.45, 7) is 0.950. The van der Waals surface area contributed by atoms with E-state index in [1.165, 1.54) is 12.1 Å². The summed E-state index contributed by atoms with van der Waals surface area (Å²) in [5.41, 5.74) is 5.20. The number of benzene rings is 2. The molecule has 1 atom stereocenters. The van der Waals surface area contributed by atoms with E-state index in [4.69, 9.17) is 0 Å². The van der Waals surface area contributed by atoms with Crippen molar-refractivity contribution >= 4 is 17.8 Å². The van der Waals surface area contributed by atoms with Crippen LogP contribution in [0.15, 0.2) is 53.6 Å². The number of hydrogen-bond acceptors (Lipinski definition) is 4. The second-order valence-electron chi connectivity index (χ2n) is 6.89. The molecule has 2 aromatic carbocycles. The molecule has 2 rings (SSSR count). The van der Waals surface area contributed by atoms with Crippen molar-refractivity contribution in [3.8, 4) is 5.75 Å². The predicted octanol–water partition coefficient (Wildman–Crippen LogP) is 4.24. The molecule has 1 N–H and O–H groups in total. The van der Waals surface area contributed by atoms with Crippen LogP contribution in [0.5, 0.6) is 5.75 Å². The number of ether oxygens (including phenoxy) is 1. The summed E-state index contributed by atoms with van der Waals surface area (Å²) in [5, 5.41) is 4.04. The first-order chi connectivity index (χ1) is 13.3. The third-order valence-corrected chi connectivity index (χ3v) is 4.21. The summed E-state index contributed by atoms with van der Waals surface area (Å²) in [6.07, 6.45) is 1.58. The summed E-state index contributed by atoms with van der Waals surface area (Å²) < 4.78 is 28.9. The van der Waals surface area contributed by atoms with Gasteiger partial charge in [-0.1, -0.05) is 38.1 Å². The second kappa shape index (κ2) is 9.82. The number of carbonyl (C=O) groups excluding carboxylic acids is 1. The molecule has 0 unspecified atom stereocenters. The highest BCUT2D eigenvalue weighted by atomic mass is 19.3. The van der Waals surface area contributed by atoms with Crippen LogP contribution in [0, 0.1) is 5.92 Å². The Hall–Kier alpha value is -2.96. The Morgan fingerprint density at radius 2 is 1.68 bits per heavy atom. The van der Waals surface area contributed by atoms with E-state index in [9.17, 15) is 13.6 Å². The van der Waals surface area contributed by atoms with Crippen LogP contribution < -0.4 is 15.1 Å². The molecule has 28 heavy (non-hydrogen) atoms. The zero-order valence-corrected chi connectivity index (χ0v) is 16.4. The maximum absolute atomic E-state index is 12.6. The van der Waals surface area contributed by atoms with Gasteiger partial charge >= 0.3 is 6.61 Å². The summed E-state index contributed by atoms with van der Waals surface area (Å²) in [5.74, 6) is -0.676. The number of anilines is 1. The largest absolute Gasteiger partial charge is 0.435 e. The number of halogens is 2. The first kappa shape index (κ1) is 21.3. The molecule has 0 saturated carbocycles. The lowest BCUT2D eigenvalue weighted by molar-refractivity contribution is -0.123. The summed E-state index contributed by atoms with van der Waals surface area (Å²) in [6, 6.07) is 13.8. The van der Waals surface area contributed by atoms with Gasteiger partial charge in [-0.05, 0) is 41.3 Å². The fourth-order valence-electron chi connectivity index (χ4n) is 2.79. The summed E-state index contributed by atoms with van der Waals surface area (Å²) in [4.78, 5) is 14.6. The fraction of sp³-hybridized carbons (Fsp3) is 0.333. The maximum Gasteiger partial charge on any atom is 0.387 e. The van der Waals surface area contributed by atoms with E-state index in [0.29, 0.717) is 5.56 Å². The number of amides is 1. The lowest BCUT2D eigenvalue weighted by Gasteiger charge is -2.19. The van der Waals surface area contributed by atoms with Gasteiger partial charge < -0.3 is 9.64 Å². The molecule has 0 fully saturated rings. The molecule has 5 nitrogen and oxygen atoms in total. The molecular weight excluding hydrogens is 364 g/mol. The van der Waals surface area contributed by atoms with Crippen molar-refractivity contribution < 1.29 is 18.3 Å². The molecule has 2 aromatic rings. The van der Waals surface area contributed by atoms with E-state index in [1.54, 1.807) is 18.3 Å². The Morgan fingerprint density at radius 3 is 2.18 bits per heavy atom. The summed E-state index contributed by atoms with van der Waals surface area (Å²) in [7, 11) is 3.92. The van der Waals surface area contributed by atoms with Gasteiger partial charge in [0.2, 0.25) is 5.91 Å². The van der Waals surface area contributed by atoms with E-state index in [1.807, 2.05) is 57.1 Å². The quantitative estimate of drug-likeness (QED) is 0.543. The van der Waals surface area contributed by atoms with Crippen molar-refractivity contribution in [1.29, 1.82) is 0 Å². The van der Waals surface area contributed by atoms with Crippen LogP contribution >= 0.6 is 0 Å². The van der Waals surface area contributed by atoms with Crippen LogP contribution in [0.3, 0.4) is 0 Å². The normalized spacial score (nSPS) is 12.4. The van der Waals surface area contributed by atoms with Crippen LogP contribution in [0.1, 0.15) is 30.9 Å². The number of alkyl halides is 2. The molecule has 0 heterocycles. The maximum atomic E-state index is 12.6. The predicted molar refractivity (Wildman–Crippen MR) is 107 cm³/mol. The Bertz CT molecular complexity index is 788. The van der Waals surface area contributed by atoms with Crippen LogP contribution in [-0.2, 0) is 4.79 Å². The topological polar surface area (TPSA) is 53.9 Å². The lowest BCUT2D eigenvalue weighted by Crippen LogP contribution is -2.28. The molecule has 7 heteroatoms.